The van der Waals surface area contributed by atoms with E-state index >= 15 is 0 Å². The van der Waals surface area contributed by atoms with Crippen LogP contribution in [-0.2, 0) is 0 Å². The van der Waals surface area contributed by atoms with Crippen molar-refractivity contribution in [3.8, 4) is 0 Å². The summed E-state index contributed by atoms with van der Waals surface area (Å²) in [5, 5.41) is 3.40. The molecule has 1 aromatic carbocycles. The summed E-state index contributed by atoms with van der Waals surface area (Å²) in [5.74, 6) is -0.519. The summed E-state index contributed by atoms with van der Waals surface area (Å²) in [6, 6.07) is 6.42. The number of nitrogens with one attached hydrogen (secondary N) is 1. The highest BCUT2D eigenvalue weighted by Crippen LogP contribution is 2.39. The van der Waals surface area contributed by atoms with Crippen molar-refractivity contribution in [2.75, 3.05) is 38.3 Å². The Kier molecular flexibility index (Phi) is 1.47. The molecule has 0 unspecified atom stereocenters. The quantitative estimate of drug-likeness (QED) is 0.805. The van der Waals surface area contributed by atoms with Crippen molar-refractivity contribution in [1.82, 2.24) is 9.80 Å². The molecule has 5 heteroatoms. The highest BCUT2D eigenvalue weighted by Gasteiger charge is 2.25. The number of fused-ring (bicyclic) bond motifs is 2. The van der Waals surface area contributed by atoms with Gasteiger partial charge in [0, 0.05) is 40.5 Å². The summed E-state index contributed by atoms with van der Waals surface area (Å²) in [5.41, 5.74) is 0.651. The number of likely N-dealkylation sites (N-methyl/N-ethyl adjacent to an activating group) is 1. The van der Waals surface area contributed by atoms with Crippen LogP contribution in [0.3, 0.4) is 0 Å². The van der Waals surface area contributed by atoms with Gasteiger partial charge in [0.1, 0.15) is 10.8 Å². The molecule has 1 saturated heterocycles. The van der Waals surface area contributed by atoms with Crippen LogP contribution in [0.2, 0.25) is 0 Å². The number of para-hydroxylation sites is 2. The molecular weight excluding hydrogens is 292 g/mol. The van der Waals surface area contributed by atoms with E-state index in [1.165, 1.54) is 0 Å². The van der Waals surface area contributed by atoms with Gasteiger partial charge in [0.2, 0.25) is 0 Å². The third-order valence-electron chi connectivity index (χ3n) is 3.14. The molecule has 114 valence electrons. The van der Waals surface area contributed by atoms with E-state index in [-0.39, 0.29) is 27.1 Å². The Morgan fingerprint density at radius 3 is 2.95 bits per heavy atom. The first-order valence-electron chi connectivity index (χ1n) is 12.5. The zero-order valence-corrected chi connectivity index (χ0v) is 12.4. The van der Waals surface area contributed by atoms with Crippen molar-refractivity contribution in [3.63, 3.8) is 0 Å². The van der Waals surface area contributed by atoms with Gasteiger partial charge in [-0.3, -0.25) is 0 Å². The van der Waals surface area contributed by atoms with Crippen LogP contribution in [0, 0.1) is 6.92 Å². The number of nitrogens with zero attached hydrogens (tertiary/aromatic N) is 3. The Labute approximate surface area is 151 Å². The molecule has 1 N–H and O–H groups in total. The first-order chi connectivity index (χ1) is 15.4. The lowest BCUT2D eigenvalue weighted by Crippen LogP contribution is -2.47. The van der Waals surface area contributed by atoms with E-state index in [0.717, 1.165) is 11.3 Å². The molecule has 0 bridgehead atoms. The number of amidine groups is 1. The Bertz CT molecular complexity index is 1160. The van der Waals surface area contributed by atoms with Crippen LogP contribution in [0.15, 0.2) is 35.3 Å². The summed E-state index contributed by atoms with van der Waals surface area (Å²) in [7, 11) is 0. The van der Waals surface area contributed by atoms with Crippen molar-refractivity contribution < 1.29 is 16.4 Å². The maximum Gasteiger partial charge on any atom is 0.139 e. The molecule has 2 aromatic rings. The minimum atomic E-state index is -3.54. The van der Waals surface area contributed by atoms with Gasteiger partial charge in [-0.25, -0.2) is 4.99 Å². The Balaban J connectivity index is 2.08. The Morgan fingerprint density at radius 1 is 1.32 bits per heavy atom. The average molecular weight is 325 g/mol. The molecule has 1 aromatic heterocycles. The predicted molar refractivity (Wildman–Crippen MR) is 94.0 cm³/mol. The minimum Gasteiger partial charge on any atom is -0.353 e. The summed E-state index contributed by atoms with van der Waals surface area (Å²) < 4.78 is 99.3. The second-order valence-electron chi connectivity index (χ2n) is 4.68. The molecule has 3 heterocycles. The Hall–Kier alpha value is -1.85. The molecule has 0 amide bonds. The first kappa shape index (κ1) is 5.98. The summed E-state index contributed by atoms with van der Waals surface area (Å²) in [4.78, 5) is 4.69. The van der Waals surface area contributed by atoms with Gasteiger partial charge in [0.25, 0.3) is 0 Å². The van der Waals surface area contributed by atoms with E-state index in [0.29, 0.717) is 15.6 Å². The lowest BCUT2D eigenvalue weighted by atomic mass is 10.2. The van der Waals surface area contributed by atoms with Crippen LogP contribution in [0.5, 0.6) is 0 Å². The average Bonchev–Trinajstić information content (AvgIpc) is 2.83. The number of aliphatic imine (C=N–C) groups is 1. The van der Waals surface area contributed by atoms with Crippen LogP contribution in [-0.4, -0.2) is 48.6 Å². The van der Waals surface area contributed by atoms with Crippen LogP contribution < -0.4 is 5.32 Å². The zero-order chi connectivity index (χ0) is 25.6. The van der Waals surface area contributed by atoms with Crippen LogP contribution in [0.4, 0.5) is 16.4 Å². The molecule has 2 aliphatic rings. The number of benzene rings is 1. The number of hydrogen-bond donors (Lipinski definition) is 1. The monoisotopic (exact) mass is 324 g/mol. The molecule has 4 rings (SSSR count). The van der Waals surface area contributed by atoms with Crippen LogP contribution in [0.25, 0.3) is 0 Å². The number of piperazine rings is 1. The minimum absolute atomic E-state index is 0.0413. The number of hydrogen-bond acceptors (Lipinski definition) is 5. The molecular formula is C17H20N4S. The largest absolute Gasteiger partial charge is 0.353 e. The molecule has 0 spiro atoms. The molecule has 0 radical (unpaired) electrons. The van der Waals surface area contributed by atoms with E-state index in [4.69, 9.17) is 16.4 Å². The van der Waals surface area contributed by atoms with Gasteiger partial charge in [0.15, 0.2) is 0 Å². The lowest BCUT2D eigenvalue weighted by Gasteiger charge is -2.34. The van der Waals surface area contributed by atoms with Gasteiger partial charge in [-0.05, 0) is 32.1 Å². The van der Waals surface area contributed by atoms with Crippen LogP contribution in [0.1, 0.15) is 26.9 Å². The van der Waals surface area contributed by atoms with E-state index < -0.39 is 38.8 Å². The van der Waals surface area contributed by atoms with E-state index in [2.05, 4.69) is 10.3 Å². The summed E-state index contributed by atoms with van der Waals surface area (Å²) in [6.07, 6.45) is 0. The summed E-state index contributed by atoms with van der Waals surface area (Å²) >= 11 is 1.13. The maximum atomic E-state index is 8.60. The number of thiophene rings is 1. The van der Waals surface area contributed by atoms with Crippen molar-refractivity contribution >= 4 is 33.5 Å². The smallest absolute Gasteiger partial charge is 0.139 e. The van der Waals surface area contributed by atoms with Gasteiger partial charge in [-0.2, -0.15) is 0 Å². The lowest BCUT2D eigenvalue weighted by molar-refractivity contribution is 0.216. The fourth-order valence-electron chi connectivity index (χ4n) is 2.20. The highest BCUT2D eigenvalue weighted by molar-refractivity contribution is 7.16. The zero-order valence-electron chi connectivity index (χ0n) is 23.6. The maximum absolute atomic E-state index is 8.60. The normalized spacial score (nSPS) is 35.9. The van der Waals surface area contributed by atoms with Crippen molar-refractivity contribution in [3.05, 3.63) is 40.7 Å². The fraction of sp³-hybridized carbons (Fsp3) is 0.353. The molecule has 22 heavy (non-hydrogen) atoms. The molecule has 4 nitrogen and oxygen atoms in total. The van der Waals surface area contributed by atoms with Crippen molar-refractivity contribution in [2.24, 2.45) is 4.99 Å². The number of rotatable bonds is 0. The first-order valence-corrected chi connectivity index (χ1v) is 7.34. The number of anilines is 2. The SMILES string of the molecule is [2H]c1c(C)sc2c1C(N1C([2H])([2H])C([2H])([2H])N(C([2H])([2H])[2H])C([2H])([2H])C1([2H])[2H])=Nc1ccccc1N2. The topological polar surface area (TPSA) is 30.9 Å². The predicted octanol–water partition coefficient (Wildman–Crippen LogP) is 3.44. The second-order valence-corrected chi connectivity index (χ2v) is 5.91. The molecule has 1 fully saturated rings. The van der Waals surface area contributed by atoms with Crippen molar-refractivity contribution in [2.45, 2.75) is 6.92 Å². The highest BCUT2D eigenvalue weighted by atomic mass is 32.1. The third-order valence-corrected chi connectivity index (χ3v) is 4.06. The van der Waals surface area contributed by atoms with Gasteiger partial charge >= 0.3 is 0 Å². The van der Waals surface area contributed by atoms with E-state index in [1.807, 2.05) is 0 Å². The van der Waals surface area contributed by atoms with Gasteiger partial charge in [0.05, 0.1) is 23.8 Å². The molecule has 2 aliphatic heterocycles. The van der Waals surface area contributed by atoms with Crippen LogP contribution >= 0.6 is 11.3 Å². The van der Waals surface area contributed by atoms with Crippen molar-refractivity contribution in [1.29, 1.82) is 0 Å². The Morgan fingerprint density at radius 2 is 2.14 bits per heavy atom. The molecule has 0 aliphatic carbocycles. The van der Waals surface area contributed by atoms with Gasteiger partial charge < -0.3 is 15.1 Å². The van der Waals surface area contributed by atoms with Gasteiger partial charge in [-0.1, -0.05) is 12.1 Å². The standard InChI is InChI=1S/C17H20N4S/c1-12-11-13-16(21-9-7-20(2)8-10-21)18-14-5-3-4-6-15(14)19-17(13)22-12/h3-6,11,19H,7-10H2,1-2H3/i2D3,7D2,8D2,9D2,10D2,11D. The molecule has 0 saturated carbocycles. The number of aryl methyl sites for hydroxylation is 1. The van der Waals surface area contributed by atoms with Gasteiger partial charge in [-0.15, -0.1) is 11.3 Å². The third kappa shape index (κ3) is 2.40. The second kappa shape index (κ2) is 5.41. The molecule has 0 atom stereocenters. The fourth-order valence-corrected chi connectivity index (χ4v) is 3.07. The van der Waals surface area contributed by atoms with E-state index in [9.17, 15) is 0 Å². The van der Waals surface area contributed by atoms with E-state index in [1.54, 1.807) is 31.2 Å². The summed E-state index contributed by atoms with van der Waals surface area (Å²) in [6.45, 7) is -15.8.